The molecule has 2 rings (SSSR count). The van der Waals surface area contributed by atoms with Crippen molar-refractivity contribution in [2.75, 3.05) is 19.6 Å². The van der Waals surface area contributed by atoms with Crippen molar-refractivity contribution in [1.82, 2.24) is 9.91 Å². The Balaban J connectivity index is 1.98. The van der Waals surface area contributed by atoms with Gasteiger partial charge in [-0.15, -0.1) is 0 Å². The fourth-order valence-electron chi connectivity index (χ4n) is 1.70. The average Bonchev–Trinajstić information content (AvgIpc) is 2.24. The summed E-state index contributed by atoms with van der Waals surface area (Å²) in [5.41, 5.74) is 1.16. The molecule has 0 aliphatic carbocycles. The molecule has 0 bridgehead atoms. The first-order chi connectivity index (χ1) is 7.25. The van der Waals surface area contributed by atoms with Gasteiger partial charge in [0.2, 0.25) is 5.91 Å². The van der Waals surface area contributed by atoms with Crippen molar-refractivity contribution in [3.63, 3.8) is 0 Å². The number of amides is 1. The lowest BCUT2D eigenvalue weighted by atomic mass is 10.2. The van der Waals surface area contributed by atoms with Crippen LogP contribution in [-0.2, 0) is 11.3 Å². The first-order valence-electron chi connectivity index (χ1n) is 5.07. The van der Waals surface area contributed by atoms with Gasteiger partial charge in [0, 0.05) is 19.6 Å². The van der Waals surface area contributed by atoms with Gasteiger partial charge < -0.3 is 4.90 Å². The molecule has 0 unspecified atom stereocenters. The van der Waals surface area contributed by atoms with Gasteiger partial charge in [-0.1, -0.05) is 30.3 Å². The highest BCUT2D eigenvalue weighted by atomic mass is 16.2. The number of nitrogens with zero attached hydrogens (tertiary/aromatic N) is 2. The van der Waals surface area contributed by atoms with Crippen LogP contribution in [0.5, 0.6) is 0 Å². The van der Waals surface area contributed by atoms with E-state index in [1.54, 1.807) is 5.01 Å². The number of piperazine rings is 1. The summed E-state index contributed by atoms with van der Waals surface area (Å²) in [5.74, 6) is 5.67. The third-order valence-electron chi connectivity index (χ3n) is 2.56. The van der Waals surface area contributed by atoms with Crippen LogP contribution in [0.1, 0.15) is 5.56 Å². The van der Waals surface area contributed by atoms with Gasteiger partial charge in [-0.25, -0.2) is 5.01 Å². The summed E-state index contributed by atoms with van der Waals surface area (Å²) in [6.45, 7) is 2.48. The summed E-state index contributed by atoms with van der Waals surface area (Å²) in [7, 11) is 0. The number of hydrazine groups is 1. The van der Waals surface area contributed by atoms with Crippen LogP contribution in [0.4, 0.5) is 0 Å². The summed E-state index contributed by atoms with van der Waals surface area (Å²) >= 11 is 0. The van der Waals surface area contributed by atoms with Gasteiger partial charge in [0.05, 0.1) is 6.54 Å². The molecule has 1 aliphatic rings. The molecule has 4 heteroatoms. The molecule has 1 saturated heterocycles. The zero-order valence-corrected chi connectivity index (χ0v) is 8.60. The molecule has 1 aliphatic heterocycles. The minimum atomic E-state index is 0.104. The molecule has 1 aromatic rings. The van der Waals surface area contributed by atoms with Gasteiger partial charge in [0.15, 0.2) is 0 Å². The summed E-state index contributed by atoms with van der Waals surface area (Å²) in [6, 6.07) is 10.0. The molecule has 15 heavy (non-hydrogen) atoms. The Hall–Kier alpha value is -1.39. The van der Waals surface area contributed by atoms with Gasteiger partial charge >= 0.3 is 0 Å². The normalized spacial score (nSPS) is 18.2. The van der Waals surface area contributed by atoms with Crippen LogP contribution in [-0.4, -0.2) is 35.5 Å². The maximum atomic E-state index is 11.6. The monoisotopic (exact) mass is 205 g/mol. The number of benzene rings is 1. The Labute approximate surface area is 89.2 Å². The van der Waals surface area contributed by atoms with E-state index in [-0.39, 0.29) is 5.91 Å². The zero-order chi connectivity index (χ0) is 10.7. The predicted molar refractivity (Wildman–Crippen MR) is 57.6 cm³/mol. The van der Waals surface area contributed by atoms with Gasteiger partial charge in [0.25, 0.3) is 0 Å². The van der Waals surface area contributed by atoms with E-state index in [0.717, 1.165) is 12.1 Å². The van der Waals surface area contributed by atoms with Crippen LogP contribution >= 0.6 is 0 Å². The number of carbonyl (C=O) groups excluding carboxylic acids is 1. The van der Waals surface area contributed by atoms with Crippen molar-refractivity contribution in [3.8, 4) is 0 Å². The number of hydrogen-bond acceptors (Lipinski definition) is 3. The molecule has 0 atom stereocenters. The van der Waals surface area contributed by atoms with E-state index in [9.17, 15) is 4.79 Å². The van der Waals surface area contributed by atoms with Crippen LogP contribution in [0.25, 0.3) is 0 Å². The lowest BCUT2D eigenvalue weighted by molar-refractivity contribution is -0.136. The second-order valence-corrected chi connectivity index (χ2v) is 3.77. The van der Waals surface area contributed by atoms with Crippen LogP contribution in [0.3, 0.4) is 0 Å². The Morgan fingerprint density at radius 2 is 1.93 bits per heavy atom. The smallest absolute Gasteiger partial charge is 0.238 e. The molecular weight excluding hydrogens is 190 g/mol. The Bertz CT molecular complexity index is 339. The van der Waals surface area contributed by atoms with Crippen LogP contribution in [0.15, 0.2) is 30.3 Å². The third-order valence-corrected chi connectivity index (χ3v) is 2.56. The van der Waals surface area contributed by atoms with E-state index < -0.39 is 0 Å². The second-order valence-electron chi connectivity index (χ2n) is 3.77. The SMILES string of the molecule is NN1CCN(Cc2ccccc2)C(=O)C1. The molecule has 0 radical (unpaired) electrons. The fourth-order valence-corrected chi connectivity index (χ4v) is 1.70. The van der Waals surface area contributed by atoms with E-state index in [2.05, 4.69) is 0 Å². The summed E-state index contributed by atoms with van der Waals surface area (Å²) in [5, 5.41) is 1.56. The molecule has 0 saturated carbocycles. The molecule has 1 amide bonds. The number of hydrogen-bond donors (Lipinski definition) is 1. The third kappa shape index (κ3) is 2.55. The van der Waals surface area contributed by atoms with E-state index >= 15 is 0 Å². The molecule has 0 spiro atoms. The van der Waals surface area contributed by atoms with E-state index in [4.69, 9.17) is 5.84 Å². The first kappa shape index (κ1) is 10.1. The number of carbonyl (C=O) groups is 1. The van der Waals surface area contributed by atoms with E-state index in [0.29, 0.717) is 19.6 Å². The molecule has 1 aromatic carbocycles. The zero-order valence-electron chi connectivity index (χ0n) is 8.60. The van der Waals surface area contributed by atoms with Gasteiger partial charge in [-0.3, -0.25) is 10.6 Å². The highest BCUT2D eigenvalue weighted by molar-refractivity contribution is 5.78. The molecule has 4 nitrogen and oxygen atoms in total. The Morgan fingerprint density at radius 3 is 2.60 bits per heavy atom. The van der Waals surface area contributed by atoms with Crippen LogP contribution in [0, 0.1) is 0 Å². The molecule has 1 fully saturated rings. The summed E-state index contributed by atoms with van der Waals surface area (Å²) < 4.78 is 0. The second kappa shape index (κ2) is 4.42. The van der Waals surface area contributed by atoms with E-state index in [1.165, 1.54) is 0 Å². The van der Waals surface area contributed by atoms with Crippen molar-refractivity contribution >= 4 is 5.91 Å². The molecule has 2 N–H and O–H groups in total. The van der Waals surface area contributed by atoms with Crippen LogP contribution in [0.2, 0.25) is 0 Å². The first-order valence-corrected chi connectivity index (χ1v) is 5.07. The van der Waals surface area contributed by atoms with Crippen molar-refractivity contribution in [2.24, 2.45) is 5.84 Å². The predicted octanol–water partition coefficient (Wildman–Crippen LogP) is 0.204. The average molecular weight is 205 g/mol. The minimum absolute atomic E-state index is 0.104. The number of rotatable bonds is 2. The highest BCUT2D eigenvalue weighted by Gasteiger charge is 2.21. The topological polar surface area (TPSA) is 49.6 Å². The highest BCUT2D eigenvalue weighted by Crippen LogP contribution is 2.07. The van der Waals surface area contributed by atoms with Crippen molar-refractivity contribution < 1.29 is 4.79 Å². The minimum Gasteiger partial charge on any atom is -0.336 e. The number of nitrogens with two attached hydrogens (primary N) is 1. The van der Waals surface area contributed by atoms with E-state index in [1.807, 2.05) is 35.2 Å². The lowest BCUT2D eigenvalue weighted by Gasteiger charge is -2.31. The van der Waals surface area contributed by atoms with Crippen LogP contribution < -0.4 is 5.84 Å². The quantitative estimate of drug-likeness (QED) is 0.702. The van der Waals surface area contributed by atoms with Crippen molar-refractivity contribution in [3.05, 3.63) is 35.9 Å². The van der Waals surface area contributed by atoms with Crippen molar-refractivity contribution in [2.45, 2.75) is 6.54 Å². The standard InChI is InChI=1S/C11H15N3O/c12-14-7-6-13(11(15)9-14)8-10-4-2-1-3-5-10/h1-5H,6-9,12H2. The van der Waals surface area contributed by atoms with Crippen molar-refractivity contribution in [1.29, 1.82) is 0 Å². The van der Waals surface area contributed by atoms with Gasteiger partial charge in [-0.2, -0.15) is 0 Å². The molecule has 80 valence electrons. The maximum Gasteiger partial charge on any atom is 0.238 e. The molecule has 1 heterocycles. The molecular formula is C11H15N3O. The van der Waals surface area contributed by atoms with Gasteiger partial charge in [-0.05, 0) is 5.56 Å². The lowest BCUT2D eigenvalue weighted by Crippen LogP contribution is -2.52. The Morgan fingerprint density at radius 1 is 1.20 bits per heavy atom. The summed E-state index contributed by atoms with van der Waals surface area (Å²) in [4.78, 5) is 13.5. The Kier molecular flexibility index (Phi) is 2.99. The largest absolute Gasteiger partial charge is 0.336 e. The fraction of sp³-hybridized carbons (Fsp3) is 0.364. The maximum absolute atomic E-state index is 11.6. The van der Waals surface area contributed by atoms with Gasteiger partial charge in [0.1, 0.15) is 0 Å². The molecule has 0 aromatic heterocycles. The summed E-state index contributed by atoms with van der Waals surface area (Å²) in [6.07, 6.45) is 0.